The minimum atomic E-state index is -1.49. The van der Waals surface area contributed by atoms with E-state index >= 15 is 0 Å². The summed E-state index contributed by atoms with van der Waals surface area (Å²) in [6, 6.07) is 8.84. The van der Waals surface area contributed by atoms with Gasteiger partial charge in [0.15, 0.2) is 5.54 Å². The maximum Gasteiger partial charge on any atom is 0.411 e. The Kier molecular flexibility index (Phi) is 5.23. The lowest BCUT2D eigenvalue weighted by Crippen LogP contribution is -2.67. The number of likely N-dealkylation sites (tertiary alicyclic amines) is 1. The Morgan fingerprint density at radius 1 is 1.18 bits per heavy atom. The molecule has 2 aliphatic rings. The van der Waals surface area contributed by atoms with Gasteiger partial charge in [-0.05, 0) is 39.2 Å². The fraction of sp³-hybridized carbons (Fsp3) is 0.550. The molecule has 0 radical (unpaired) electrons. The van der Waals surface area contributed by atoms with Gasteiger partial charge < -0.3 is 19.5 Å². The van der Waals surface area contributed by atoms with Crippen LogP contribution >= 0.6 is 0 Å². The molecular weight excluding hydrogens is 364 g/mol. The van der Waals surface area contributed by atoms with Crippen molar-refractivity contribution < 1.29 is 29.0 Å². The van der Waals surface area contributed by atoms with Gasteiger partial charge in [-0.25, -0.2) is 14.4 Å². The largest absolute Gasteiger partial charge is 0.479 e. The van der Waals surface area contributed by atoms with Gasteiger partial charge in [-0.2, -0.15) is 0 Å². The number of ether oxygens (including phenoxy) is 2. The number of carboxylic acids is 1. The average molecular weight is 390 g/mol. The van der Waals surface area contributed by atoms with Crippen LogP contribution in [0.1, 0.15) is 39.2 Å². The molecular formula is C20H26N2O6. The number of amides is 2. The number of benzene rings is 1. The summed E-state index contributed by atoms with van der Waals surface area (Å²) in [5, 5.41) is 9.91. The minimum Gasteiger partial charge on any atom is -0.479 e. The number of hydrogen-bond acceptors (Lipinski definition) is 5. The molecule has 1 N–H and O–H groups in total. The van der Waals surface area contributed by atoms with Crippen molar-refractivity contribution in [1.29, 1.82) is 0 Å². The zero-order valence-corrected chi connectivity index (χ0v) is 16.4. The second-order valence-electron chi connectivity index (χ2n) is 8.30. The number of carbonyl (C=O) groups excluding carboxylic acids is 2. The Bertz CT molecular complexity index is 760. The number of nitrogens with zero attached hydrogens (tertiary/aromatic N) is 2. The van der Waals surface area contributed by atoms with Crippen LogP contribution in [0.3, 0.4) is 0 Å². The zero-order valence-electron chi connectivity index (χ0n) is 16.4. The van der Waals surface area contributed by atoms with Crippen LogP contribution < -0.4 is 0 Å². The van der Waals surface area contributed by atoms with Gasteiger partial charge in [0.2, 0.25) is 0 Å². The highest BCUT2D eigenvalue weighted by atomic mass is 16.6. The molecule has 8 nitrogen and oxygen atoms in total. The van der Waals surface area contributed by atoms with E-state index in [1.807, 2.05) is 30.3 Å². The van der Waals surface area contributed by atoms with Gasteiger partial charge in [-0.1, -0.05) is 30.3 Å². The summed E-state index contributed by atoms with van der Waals surface area (Å²) in [5.41, 5.74) is -1.38. The molecule has 152 valence electrons. The van der Waals surface area contributed by atoms with E-state index in [2.05, 4.69) is 0 Å². The molecule has 2 amide bonds. The summed E-state index contributed by atoms with van der Waals surface area (Å²) < 4.78 is 10.8. The number of rotatable bonds is 3. The van der Waals surface area contributed by atoms with E-state index in [0.29, 0.717) is 6.42 Å². The zero-order chi connectivity index (χ0) is 20.5. The lowest BCUT2D eigenvalue weighted by Gasteiger charge is -2.45. The molecule has 2 fully saturated rings. The maximum absolute atomic E-state index is 12.7. The number of carbonyl (C=O) groups is 3. The van der Waals surface area contributed by atoms with Gasteiger partial charge in [0, 0.05) is 6.54 Å². The standard InChI is InChI=1S/C20H26N2O6/c1-19(2,3)28-18(26)22-15-9-10-20(22,16(23)24)13-21(11-15)17(25)27-12-14-7-5-4-6-8-14/h4-8,15H,9-13H2,1-3H3,(H,23,24)/t15-,20+/m1/s1. The Morgan fingerprint density at radius 2 is 1.86 bits per heavy atom. The molecule has 0 aromatic heterocycles. The highest BCUT2D eigenvalue weighted by molar-refractivity contribution is 5.87. The Labute approximate surface area is 164 Å². The molecule has 0 spiro atoms. The van der Waals surface area contributed by atoms with Crippen molar-refractivity contribution in [2.24, 2.45) is 0 Å². The molecule has 2 saturated heterocycles. The van der Waals surface area contributed by atoms with Gasteiger partial charge >= 0.3 is 18.2 Å². The van der Waals surface area contributed by atoms with Crippen LogP contribution in [0.25, 0.3) is 0 Å². The lowest BCUT2D eigenvalue weighted by atomic mass is 9.95. The van der Waals surface area contributed by atoms with Crippen molar-refractivity contribution >= 4 is 18.2 Å². The predicted octanol–water partition coefficient (Wildman–Crippen LogP) is 2.86. The first-order valence-electron chi connectivity index (χ1n) is 9.34. The molecule has 3 rings (SSSR count). The van der Waals surface area contributed by atoms with Crippen LogP contribution in [0.4, 0.5) is 9.59 Å². The van der Waals surface area contributed by atoms with E-state index in [4.69, 9.17) is 9.47 Å². The first kappa shape index (κ1) is 20.0. The summed E-state index contributed by atoms with van der Waals surface area (Å²) >= 11 is 0. The van der Waals surface area contributed by atoms with Gasteiger partial charge in [0.05, 0.1) is 12.6 Å². The molecule has 1 aromatic carbocycles. The molecule has 1 aromatic rings. The Balaban J connectivity index is 1.73. The van der Waals surface area contributed by atoms with E-state index in [9.17, 15) is 19.5 Å². The van der Waals surface area contributed by atoms with Crippen LogP contribution in [0.15, 0.2) is 30.3 Å². The number of piperazine rings is 1. The number of hydrogen-bond donors (Lipinski definition) is 1. The molecule has 2 aliphatic heterocycles. The van der Waals surface area contributed by atoms with E-state index in [0.717, 1.165) is 5.56 Å². The quantitative estimate of drug-likeness (QED) is 0.852. The van der Waals surface area contributed by atoms with Crippen LogP contribution in [0.5, 0.6) is 0 Å². The van der Waals surface area contributed by atoms with Crippen molar-refractivity contribution in [3.63, 3.8) is 0 Å². The lowest BCUT2D eigenvalue weighted by molar-refractivity contribution is -0.153. The van der Waals surface area contributed by atoms with Gasteiger partial charge in [-0.15, -0.1) is 0 Å². The Morgan fingerprint density at radius 3 is 2.46 bits per heavy atom. The summed E-state index contributed by atoms with van der Waals surface area (Å²) in [5.74, 6) is -1.14. The van der Waals surface area contributed by atoms with Crippen molar-refractivity contribution in [3.05, 3.63) is 35.9 Å². The van der Waals surface area contributed by atoms with E-state index in [1.54, 1.807) is 20.8 Å². The summed E-state index contributed by atoms with van der Waals surface area (Å²) in [6.45, 7) is 5.41. The fourth-order valence-electron chi connectivity index (χ4n) is 3.83. The highest BCUT2D eigenvalue weighted by Crippen LogP contribution is 2.40. The molecule has 8 heteroatoms. The summed E-state index contributed by atoms with van der Waals surface area (Å²) in [7, 11) is 0. The monoisotopic (exact) mass is 390 g/mol. The first-order chi connectivity index (χ1) is 13.1. The molecule has 0 saturated carbocycles. The Hall–Kier alpha value is -2.77. The second kappa shape index (κ2) is 7.33. The smallest absolute Gasteiger partial charge is 0.411 e. The topological polar surface area (TPSA) is 96.4 Å². The summed E-state index contributed by atoms with van der Waals surface area (Å²) in [4.78, 5) is 40.0. The molecule has 2 heterocycles. The molecule has 0 unspecified atom stereocenters. The third-order valence-corrected chi connectivity index (χ3v) is 5.05. The van der Waals surface area contributed by atoms with Crippen LogP contribution in [-0.4, -0.2) is 63.3 Å². The van der Waals surface area contributed by atoms with Crippen LogP contribution in [-0.2, 0) is 20.9 Å². The molecule has 28 heavy (non-hydrogen) atoms. The number of aliphatic carboxylic acids is 1. The first-order valence-corrected chi connectivity index (χ1v) is 9.34. The van der Waals surface area contributed by atoms with Crippen LogP contribution in [0, 0.1) is 0 Å². The van der Waals surface area contributed by atoms with Gasteiger partial charge in [0.1, 0.15) is 12.2 Å². The minimum absolute atomic E-state index is 0.108. The maximum atomic E-state index is 12.7. The fourth-order valence-corrected chi connectivity index (χ4v) is 3.83. The third-order valence-electron chi connectivity index (χ3n) is 5.05. The average Bonchev–Trinajstić information content (AvgIpc) is 2.87. The molecule has 0 aliphatic carbocycles. The third kappa shape index (κ3) is 3.90. The van der Waals surface area contributed by atoms with E-state index in [1.165, 1.54) is 9.80 Å². The molecule has 2 atom stereocenters. The van der Waals surface area contributed by atoms with Crippen molar-refractivity contribution in [1.82, 2.24) is 9.80 Å². The summed E-state index contributed by atoms with van der Waals surface area (Å²) in [6.07, 6.45) is -0.470. The number of fused-ring (bicyclic) bond motifs is 2. The van der Waals surface area contributed by atoms with Gasteiger partial charge in [0.25, 0.3) is 0 Å². The highest BCUT2D eigenvalue weighted by Gasteiger charge is 2.60. The van der Waals surface area contributed by atoms with E-state index < -0.39 is 35.3 Å². The van der Waals surface area contributed by atoms with Crippen molar-refractivity contribution in [2.75, 3.05) is 13.1 Å². The second-order valence-corrected chi connectivity index (χ2v) is 8.30. The number of carboxylic acid groups (broad SMARTS) is 1. The molecule has 2 bridgehead atoms. The van der Waals surface area contributed by atoms with Gasteiger partial charge in [-0.3, -0.25) is 4.90 Å². The predicted molar refractivity (Wildman–Crippen MR) is 99.7 cm³/mol. The van der Waals surface area contributed by atoms with Crippen molar-refractivity contribution in [3.8, 4) is 0 Å². The van der Waals surface area contributed by atoms with Crippen LogP contribution in [0.2, 0.25) is 0 Å². The normalized spacial score (nSPS) is 24.0. The van der Waals surface area contributed by atoms with Crippen molar-refractivity contribution in [2.45, 2.75) is 57.4 Å². The van der Waals surface area contributed by atoms with E-state index in [-0.39, 0.29) is 26.1 Å². The SMILES string of the molecule is CC(C)(C)OC(=O)N1[C@@H]2CC[C@@]1(C(=O)O)CN(C(=O)OCc1ccccc1)C2.